The van der Waals surface area contributed by atoms with Crippen molar-refractivity contribution in [3.8, 4) is 5.75 Å². The van der Waals surface area contributed by atoms with Crippen LogP contribution in [0.25, 0.3) is 17.0 Å². The van der Waals surface area contributed by atoms with E-state index in [2.05, 4.69) is 10.3 Å². The number of benzene rings is 2. The number of carboxylic acid groups (broad SMARTS) is 1. The summed E-state index contributed by atoms with van der Waals surface area (Å²) in [5.74, 6) is -1.16. The zero-order chi connectivity index (χ0) is 24.9. The van der Waals surface area contributed by atoms with Crippen molar-refractivity contribution in [2.75, 3.05) is 13.7 Å². The SMILES string of the molecule is COc1ccc(C=C2SC(=S)N(CCC(=O)NC(Cc3c[nH]c4ccccc34)C(=O)O)C2=O)cc1. The molecule has 1 aliphatic heterocycles. The number of hydrogen-bond acceptors (Lipinski definition) is 6. The number of para-hydroxylation sites is 1. The van der Waals surface area contributed by atoms with Crippen LogP contribution in [-0.4, -0.2) is 56.8 Å². The molecule has 1 aliphatic rings. The van der Waals surface area contributed by atoms with Crippen LogP contribution in [0.1, 0.15) is 17.5 Å². The number of aromatic nitrogens is 1. The molecule has 35 heavy (non-hydrogen) atoms. The first kappa shape index (κ1) is 24.5. The Morgan fingerprint density at radius 2 is 1.97 bits per heavy atom. The van der Waals surface area contributed by atoms with E-state index in [9.17, 15) is 19.5 Å². The number of carbonyl (C=O) groups excluding carboxylic acids is 2. The van der Waals surface area contributed by atoms with Crippen LogP contribution in [0.15, 0.2) is 59.6 Å². The standard InChI is InChI=1S/C25H23N3O5S2/c1-33-17-8-6-15(7-9-17)12-21-23(30)28(25(34)35-21)11-10-22(29)27-20(24(31)32)13-16-14-26-19-5-3-2-4-18(16)19/h2-9,12,14,20,26H,10-11,13H2,1H3,(H,27,29)(H,31,32). The number of amides is 2. The molecule has 8 nitrogen and oxygen atoms in total. The van der Waals surface area contributed by atoms with Crippen LogP contribution in [0.2, 0.25) is 0 Å². The number of hydrogen-bond donors (Lipinski definition) is 3. The first-order chi connectivity index (χ1) is 16.9. The average Bonchev–Trinajstić information content (AvgIpc) is 3.37. The topological polar surface area (TPSA) is 112 Å². The molecule has 4 rings (SSSR count). The van der Waals surface area contributed by atoms with E-state index in [0.29, 0.717) is 15.0 Å². The number of carbonyl (C=O) groups is 3. The highest BCUT2D eigenvalue weighted by Crippen LogP contribution is 2.32. The molecule has 1 saturated heterocycles. The average molecular weight is 510 g/mol. The molecule has 1 unspecified atom stereocenters. The van der Waals surface area contributed by atoms with E-state index in [0.717, 1.165) is 22.0 Å². The lowest BCUT2D eigenvalue weighted by Crippen LogP contribution is -2.43. The fourth-order valence-corrected chi connectivity index (χ4v) is 5.05. The Kier molecular flexibility index (Phi) is 7.52. The lowest BCUT2D eigenvalue weighted by atomic mass is 10.0. The van der Waals surface area contributed by atoms with Crippen LogP contribution in [0.3, 0.4) is 0 Å². The van der Waals surface area contributed by atoms with E-state index in [1.807, 2.05) is 36.4 Å². The number of H-pyrrole nitrogens is 1. The minimum absolute atomic E-state index is 0.0654. The fraction of sp³-hybridized carbons (Fsp3) is 0.200. The molecular formula is C25H23N3O5S2. The number of nitrogens with one attached hydrogen (secondary N) is 2. The van der Waals surface area contributed by atoms with E-state index in [1.54, 1.807) is 31.5 Å². The molecule has 0 bridgehead atoms. The monoisotopic (exact) mass is 509 g/mol. The Bertz CT molecular complexity index is 1320. The summed E-state index contributed by atoms with van der Waals surface area (Å²) in [7, 11) is 1.58. The highest BCUT2D eigenvalue weighted by molar-refractivity contribution is 8.26. The smallest absolute Gasteiger partial charge is 0.326 e. The molecule has 0 aliphatic carbocycles. The van der Waals surface area contributed by atoms with Gasteiger partial charge < -0.3 is 20.1 Å². The van der Waals surface area contributed by atoms with E-state index in [4.69, 9.17) is 17.0 Å². The molecule has 10 heteroatoms. The molecule has 3 N–H and O–H groups in total. The van der Waals surface area contributed by atoms with Crippen LogP contribution >= 0.6 is 24.0 Å². The highest BCUT2D eigenvalue weighted by atomic mass is 32.2. The molecule has 2 aromatic carbocycles. The molecule has 180 valence electrons. The second-order valence-corrected chi connectivity index (χ2v) is 9.55. The predicted molar refractivity (Wildman–Crippen MR) is 139 cm³/mol. The van der Waals surface area contributed by atoms with Crippen molar-refractivity contribution >= 4 is 63.1 Å². The van der Waals surface area contributed by atoms with E-state index < -0.39 is 17.9 Å². The van der Waals surface area contributed by atoms with Gasteiger partial charge >= 0.3 is 5.97 Å². The summed E-state index contributed by atoms with van der Waals surface area (Å²) < 4.78 is 5.50. The van der Waals surface area contributed by atoms with Gasteiger partial charge in [-0.1, -0.05) is 54.3 Å². The zero-order valence-electron chi connectivity index (χ0n) is 18.8. The summed E-state index contributed by atoms with van der Waals surface area (Å²) in [5.41, 5.74) is 2.52. The van der Waals surface area contributed by atoms with Gasteiger partial charge in [0, 0.05) is 36.5 Å². The van der Waals surface area contributed by atoms with Gasteiger partial charge in [0.05, 0.1) is 12.0 Å². The van der Waals surface area contributed by atoms with Crippen molar-refractivity contribution in [3.63, 3.8) is 0 Å². The molecule has 2 heterocycles. The van der Waals surface area contributed by atoms with Crippen molar-refractivity contribution in [3.05, 3.63) is 70.8 Å². The van der Waals surface area contributed by atoms with E-state index in [-0.39, 0.29) is 25.3 Å². The van der Waals surface area contributed by atoms with Gasteiger partial charge in [0.1, 0.15) is 16.1 Å². The maximum absolute atomic E-state index is 12.8. The number of methoxy groups -OCH3 is 1. The lowest BCUT2D eigenvalue weighted by molar-refractivity contribution is -0.141. The maximum atomic E-state index is 12.8. The Morgan fingerprint density at radius 3 is 2.69 bits per heavy atom. The predicted octanol–water partition coefficient (Wildman–Crippen LogP) is 3.58. The number of aliphatic carboxylic acids is 1. The van der Waals surface area contributed by atoms with Gasteiger partial charge in [-0.25, -0.2) is 4.79 Å². The summed E-state index contributed by atoms with van der Waals surface area (Å²) in [6.07, 6.45) is 3.55. The van der Waals surface area contributed by atoms with Crippen LogP contribution < -0.4 is 10.1 Å². The third-order valence-corrected chi connectivity index (χ3v) is 6.96. The first-order valence-electron chi connectivity index (χ1n) is 10.8. The summed E-state index contributed by atoms with van der Waals surface area (Å²) >= 11 is 6.50. The van der Waals surface area contributed by atoms with Gasteiger partial charge in [-0.05, 0) is 35.4 Å². The summed E-state index contributed by atoms with van der Waals surface area (Å²) in [4.78, 5) is 42.1. The maximum Gasteiger partial charge on any atom is 0.326 e. The molecule has 0 saturated carbocycles. The number of fused-ring (bicyclic) bond motifs is 1. The molecule has 0 spiro atoms. The number of thioether (sulfide) groups is 1. The quantitative estimate of drug-likeness (QED) is 0.299. The molecule has 1 atom stereocenters. The highest BCUT2D eigenvalue weighted by Gasteiger charge is 2.32. The van der Waals surface area contributed by atoms with Gasteiger partial charge in [-0.3, -0.25) is 14.5 Å². The van der Waals surface area contributed by atoms with Crippen molar-refractivity contribution in [1.29, 1.82) is 0 Å². The van der Waals surface area contributed by atoms with Crippen molar-refractivity contribution in [2.45, 2.75) is 18.9 Å². The molecule has 1 fully saturated rings. The van der Waals surface area contributed by atoms with Crippen LogP contribution in [-0.2, 0) is 20.8 Å². The summed E-state index contributed by atoms with van der Waals surface area (Å²) in [6, 6.07) is 13.7. The van der Waals surface area contributed by atoms with Gasteiger partial charge in [-0.2, -0.15) is 0 Å². The molecule has 2 amide bonds. The van der Waals surface area contributed by atoms with Crippen molar-refractivity contribution in [2.24, 2.45) is 0 Å². The van der Waals surface area contributed by atoms with Crippen LogP contribution in [0.4, 0.5) is 0 Å². The van der Waals surface area contributed by atoms with Crippen LogP contribution in [0, 0.1) is 0 Å². The normalized spacial score (nSPS) is 15.6. The van der Waals surface area contributed by atoms with Gasteiger partial charge in [0.2, 0.25) is 5.91 Å². The fourth-order valence-electron chi connectivity index (χ4n) is 3.74. The molecule has 0 radical (unpaired) electrons. The summed E-state index contributed by atoms with van der Waals surface area (Å²) in [5, 5.41) is 13.1. The van der Waals surface area contributed by atoms with Crippen molar-refractivity contribution < 1.29 is 24.2 Å². The number of ether oxygens (including phenoxy) is 1. The van der Waals surface area contributed by atoms with Gasteiger partial charge in [-0.15, -0.1) is 0 Å². The second-order valence-electron chi connectivity index (χ2n) is 7.88. The van der Waals surface area contributed by atoms with Gasteiger partial charge in [0.25, 0.3) is 5.91 Å². The summed E-state index contributed by atoms with van der Waals surface area (Å²) in [6.45, 7) is 0.0654. The number of thiocarbonyl (C=S) groups is 1. The minimum atomic E-state index is -1.13. The minimum Gasteiger partial charge on any atom is -0.497 e. The van der Waals surface area contributed by atoms with Gasteiger partial charge in [0.15, 0.2) is 0 Å². The van der Waals surface area contributed by atoms with E-state index >= 15 is 0 Å². The first-order valence-corrected chi connectivity index (χ1v) is 12.0. The van der Waals surface area contributed by atoms with Crippen molar-refractivity contribution in [1.82, 2.24) is 15.2 Å². The molecule has 3 aromatic rings. The Labute approximate surface area is 211 Å². The molecular weight excluding hydrogens is 486 g/mol. The van der Waals surface area contributed by atoms with Crippen LogP contribution in [0.5, 0.6) is 5.75 Å². The lowest BCUT2D eigenvalue weighted by Gasteiger charge is -2.17. The molecule has 1 aromatic heterocycles. The number of nitrogens with zero attached hydrogens (tertiary/aromatic N) is 1. The third-order valence-electron chi connectivity index (χ3n) is 5.58. The Hall–Kier alpha value is -3.63. The largest absolute Gasteiger partial charge is 0.497 e. The number of rotatable bonds is 9. The zero-order valence-corrected chi connectivity index (χ0v) is 20.4. The van der Waals surface area contributed by atoms with E-state index in [1.165, 1.54) is 16.7 Å². The number of aromatic amines is 1. The Balaban J connectivity index is 1.36. The number of carboxylic acids is 1. The second kappa shape index (κ2) is 10.7. The Morgan fingerprint density at radius 1 is 1.23 bits per heavy atom. The third kappa shape index (κ3) is 5.72.